The maximum absolute atomic E-state index is 13.4. The molecule has 7 heteroatoms. The Kier molecular flexibility index (Phi) is 4.51. The third kappa shape index (κ3) is 3.34. The Labute approximate surface area is 127 Å². The maximum atomic E-state index is 13.4. The van der Waals surface area contributed by atoms with E-state index in [2.05, 4.69) is 4.72 Å². The van der Waals surface area contributed by atoms with Gasteiger partial charge in [-0.3, -0.25) is 4.72 Å². The molecule has 0 amide bonds. The number of rotatable bonds is 4. The second-order valence-electron chi connectivity index (χ2n) is 4.43. The quantitative estimate of drug-likeness (QED) is 0.906. The number of hydrogen-bond acceptors (Lipinski definition) is 3. The number of halogens is 2. The topological polar surface area (TPSA) is 66.4 Å². The van der Waals surface area contributed by atoms with E-state index in [1.54, 1.807) is 0 Å². The van der Waals surface area contributed by atoms with Crippen LogP contribution in [0.5, 0.6) is 0 Å². The van der Waals surface area contributed by atoms with E-state index in [-0.39, 0.29) is 27.8 Å². The number of nitrogens with one attached hydrogen (secondary N) is 1. The van der Waals surface area contributed by atoms with Gasteiger partial charge in [0.2, 0.25) is 0 Å². The zero-order valence-corrected chi connectivity index (χ0v) is 12.7. The highest BCUT2D eigenvalue weighted by Gasteiger charge is 2.17. The molecule has 0 unspecified atom stereocenters. The van der Waals surface area contributed by atoms with Gasteiger partial charge in [0.05, 0.1) is 17.2 Å². The molecule has 0 fully saturated rings. The molecule has 4 nitrogen and oxygen atoms in total. The molecule has 2 N–H and O–H groups in total. The monoisotopic (exact) mass is 329 g/mol. The Morgan fingerprint density at radius 2 is 2.00 bits per heavy atom. The molecule has 0 aromatic heterocycles. The van der Waals surface area contributed by atoms with Gasteiger partial charge in [0, 0.05) is 10.6 Å². The van der Waals surface area contributed by atoms with Crippen molar-refractivity contribution in [1.82, 2.24) is 0 Å². The molecule has 0 aliphatic rings. The van der Waals surface area contributed by atoms with Crippen molar-refractivity contribution >= 4 is 27.3 Å². The van der Waals surface area contributed by atoms with E-state index in [1.165, 1.54) is 43.3 Å². The largest absolute Gasteiger partial charge is 0.392 e. The first-order valence-electron chi connectivity index (χ1n) is 6.02. The van der Waals surface area contributed by atoms with Crippen LogP contribution in [0.3, 0.4) is 0 Å². The zero-order valence-electron chi connectivity index (χ0n) is 11.1. The van der Waals surface area contributed by atoms with E-state index in [0.29, 0.717) is 5.56 Å². The Balaban J connectivity index is 2.39. The minimum absolute atomic E-state index is 0.0617. The van der Waals surface area contributed by atoms with Gasteiger partial charge < -0.3 is 5.11 Å². The fourth-order valence-corrected chi connectivity index (χ4v) is 3.20. The summed E-state index contributed by atoms with van der Waals surface area (Å²) < 4.78 is 40.3. The van der Waals surface area contributed by atoms with Crippen LogP contribution >= 0.6 is 11.6 Å². The lowest BCUT2D eigenvalue weighted by molar-refractivity contribution is 0.282. The van der Waals surface area contributed by atoms with Crippen molar-refractivity contribution in [2.24, 2.45) is 0 Å². The van der Waals surface area contributed by atoms with E-state index < -0.39 is 15.8 Å². The molecular weight excluding hydrogens is 317 g/mol. The minimum atomic E-state index is -3.88. The van der Waals surface area contributed by atoms with Crippen molar-refractivity contribution in [2.75, 3.05) is 4.72 Å². The van der Waals surface area contributed by atoms with Crippen molar-refractivity contribution in [1.29, 1.82) is 0 Å². The number of sulfonamides is 1. The molecule has 0 spiro atoms. The smallest absolute Gasteiger partial charge is 0.261 e. The average molecular weight is 330 g/mol. The lowest BCUT2D eigenvalue weighted by atomic mass is 10.2. The summed E-state index contributed by atoms with van der Waals surface area (Å²) in [4.78, 5) is -0.0617. The highest BCUT2D eigenvalue weighted by Crippen LogP contribution is 2.25. The van der Waals surface area contributed by atoms with Crippen LogP contribution in [0.2, 0.25) is 5.02 Å². The van der Waals surface area contributed by atoms with Crippen molar-refractivity contribution in [3.63, 3.8) is 0 Å². The zero-order chi connectivity index (χ0) is 15.6. The van der Waals surface area contributed by atoms with Crippen LogP contribution in [0.4, 0.5) is 10.1 Å². The first-order chi connectivity index (χ1) is 9.85. The van der Waals surface area contributed by atoms with Crippen LogP contribution in [0.15, 0.2) is 41.3 Å². The third-order valence-electron chi connectivity index (χ3n) is 3.02. The van der Waals surface area contributed by atoms with Gasteiger partial charge in [-0.25, -0.2) is 12.8 Å². The Morgan fingerprint density at radius 1 is 1.29 bits per heavy atom. The second kappa shape index (κ2) is 6.01. The normalized spacial score (nSPS) is 11.4. The molecule has 112 valence electrons. The molecule has 2 aromatic carbocycles. The van der Waals surface area contributed by atoms with Gasteiger partial charge in [0.1, 0.15) is 5.82 Å². The molecule has 0 heterocycles. The fourth-order valence-electron chi connectivity index (χ4n) is 1.75. The predicted octanol–water partition coefficient (Wildman–Crippen LogP) is 3.08. The summed E-state index contributed by atoms with van der Waals surface area (Å²) in [5, 5.41) is 9.17. The molecule has 0 radical (unpaired) electrons. The molecule has 0 saturated heterocycles. The minimum Gasteiger partial charge on any atom is -0.392 e. The second-order valence-corrected chi connectivity index (χ2v) is 6.52. The van der Waals surface area contributed by atoms with Crippen LogP contribution in [0.25, 0.3) is 0 Å². The van der Waals surface area contributed by atoms with Crippen LogP contribution < -0.4 is 4.72 Å². The molecule has 21 heavy (non-hydrogen) atoms. The van der Waals surface area contributed by atoms with Gasteiger partial charge in [-0.05, 0) is 36.8 Å². The molecule has 0 saturated carbocycles. The van der Waals surface area contributed by atoms with Crippen molar-refractivity contribution < 1.29 is 17.9 Å². The Hall–Kier alpha value is -1.63. The van der Waals surface area contributed by atoms with E-state index in [1.807, 2.05) is 0 Å². The molecule has 2 rings (SSSR count). The van der Waals surface area contributed by atoms with Crippen molar-refractivity contribution in [2.45, 2.75) is 18.4 Å². The van der Waals surface area contributed by atoms with Crippen LogP contribution in [-0.4, -0.2) is 13.5 Å². The molecule has 2 aromatic rings. The van der Waals surface area contributed by atoms with E-state index in [0.717, 1.165) is 0 Å². The van der Waals surface area contributed by atoms with Gasteiger partial charge in [-0.15, -0.1) is 0 Å². The maximum Gasteiger partial charge on any atom is 0.261 e. The average Bonchev–Trinajstić information content (AvgIpc) is 2.43. The number of aliphatic hydroxyl groups is 1. The summed E-state index contributed by atoms with van der Waals surface area (Å²) in [6, 6.07) is 8.13. The van der Waals surface area contributed by atoms with Gasteiger partial charge in [0.15, 0.2) is 0 Å². The van der Waals surface area contributed by atoms with E-state index in [9.17, 15) is 12.8 Å². The van der Waals surface area contributed by atoms with E-state index in [4.69, 9.17) is 16.7 Å². The Morgan fingerprint density at radius 3 is 2.62 bits per heavy atom. The standard InChI is InChI=1S/C14H13ClFNO3S/c1-9-13(16)3-2-4-14(9)17-21(19,20)11-6-5-10(8-18)12(15)7-11/h2-7,17-18H,8H2,1H3. The molecular formula is C14H13ClFNO3S. The van der Waals surface area contributed by atoms with Gasteiger partial charge in [-0.1, -0.05) is 23.7 Å². The summed E-state index contributed by atoms with van der Waals surface area (Å²) in [5.74, 6) is -0.496. The van der Waals surface area contributed by atoms with Crippen LogP contribution in [0, 0.1) is 12.7 Å². The van der Waals surface area contributed by atoms with Crippen LogP contribution in [-0.2, 0) is 16.6 Å². The number of aliphatic hydroxyl groups excluding tert-OH is 1. The van der Waals surface area contributed by atoms with E-state index >= 15 is 0 Å². The Bertz CT molecular complexity index is 778. The van der Waals surface area contributed by atoms with Crippen molar-refractivity contribution in [3.05, 3.63) is 58.4 Å². The number of hydrogen-bond donors (Lipinski definition) is 2. The summed E-state index contributed by atoms with van der Waals surface area (Å²) in [6.07, 6.45) is 0. The van der Waals surface area contributed by atoms with Gasteiger partial charge in [0.25, 0.3) is 10.0 Å². The molecule has 0 aliphatic heterocycles. The highest BCUT2D eigenvalue weighted by atomic mass is 35.5. The summed E-state index contributed by atoms with van der Waals surface area (Å²) in [5.41, 5.74) is 0.800. The highest BCUT2D eigenvalue weighted by molar-refractivity contribution is 7.92. The summed E-state index contributed by atoms with van der Waals surface area (Å²) >= 11 is 5.88. The fraction of sp³-hybridized carbons (Fsp3) is 0.143. The number of benzene rings is 2. The molecule has 0 bridgehead atoms. The number of anilines is 1. The van der Waals surface area contributed by atoms with Crippen molar-refractivity contribution in [3.8, 4) is 0 Å². The predicted molar refractivity (Wildman–Crippen MR) is 79.3 cm³/mol. The molecule has 0 aliphatic carbocycles. The van der Waals surface area contributed by atoms with Crippen LogP contribution in [0.1, 0.15) is 11.1 Å². The lowest BCUT2D eigenvalue weighted by Gasteiger charge is -2.12. The van der Waals surface area contributed by atoms with Gasteiger partial charge in [-0.2, -0.15) is 0 Å². The first-order valence-corrected chi connectivity index (χ1v) is 7.88. The molecule has 0 atom stereocenters. The summed E-state index contributed by atoms with van der Waals surface area (Å²) in [7, 11) is -3.88. The lowest BCUT2D eigenvalue weighted by Crippen LogP contribution is -2.14. The first kappa shape index (κ1) is 15.8. The summed E-state index contributed by atoms with van der Waals surface area (Å²) in [6.45, 7) is 1.20. The van der Waals surface area contributed by atoms with Gasteiger partial charge >= 0.3 is 0 Å². The SMILES string of the molecule is Cc1c(F)cccc1NS(=O)(=O)c1ccc(CO)c(Cl)c1. The third-order valence-corrected chi connectivity index (χ3v) is 4.73.